The highest BCUT2D eigenvalue weighted by atomic mass is 16.7. The number of ether oxygens (including phenoxy) is 8. The van der Waals surface area contributed by atoms with Crippen molar-refractivity contribution in [2.24, 2.45) is 23.7 Å². The molecule has 0 radical (unpaired) electrons. The molecule has 4 saturated heterocycles. The molecule has 0 amide bonds. The van der Waals surface area contributed by atoms with E-state index in [-0.39, 0.29) is 30.9 Å². The van der Waals surface area contributed by atoms with Crippen molar-refractivity contribution in [3.63, 3.8) is 0 Å². The number of aliphatic hydroxyl groups excluding tert-OH is 2. The van der Waals surface area contributed by atoms with E-state index < -0.39 is 108 Å². The van der Waals surface area contributed by atoms with Crippen molar-refractivity contribution >= 4 is 11.9 Å². The minimum Gasteiger partial charge on any atom is -0.459 e. The number of rotatable bonds is 10. The summed E-state index contributed by atoms with van der Waals surface area (Å²) >= 11 is 0. The van der Waals surface area contributed by atoms with E-state index in [9.17, 15) is 24.9 Å². The molecule has 0 aromatic rings. The third-order valence-corrected chi connectivity index (χ3v) is 12.6. The van der Waals surface area contributed by atoms with Crippen LogP contribution < -0.4 is 0 Å². The molecule has 0 spiro atoms. The van der Waals surface area contributed by atoms with E-state index in [2.05, 4.69) is 6.92 Å². The third kappa shape index (κ3) is 9.08. The molecule has 0 aliphatic carbocycles. The number of carbonyl (C=O) groups is 2. The molecule has 0 aromatic carbocycles. The first-order valence-corrected chi connectivity index (χ1v) is 19.5. The van der Waals surface area contributed by atoms with Crippen LogP contribution in [0.4, 0.5) is 0 Å². The topological polar surface area (TPSA) is 172 Å². The SMILES string of the molecule is CC[C@@H](O)[C@@](C)(O)[C@@H]1OC(=O)[C@H](C)[C@@H](O[C@H]2C[C@@](C)(OC)[C@@H](OC(C)=O)[C@H](C)O2)[C@H](C)[C@@H](O[C@@H]2O[C@H](C)C[C@H](N(C)C)[C@H]2O)[C@@]2(C)CC(C)C(O2)[C@@H]1C. The van der Waals surface area contributed by atoms with E-state index in [1.54, 1.807) is 20.8 Å². The summed E-state index contributed by atoms with van der Waals surface area (Å²) in [5.41, 5.74) is -3.77. The first-order chi connectivity index (χ1) is 24.5. The Balaban J connectivity index is 1.82. The van der Waals surface area contributed by atoms with Gasteiger partial charge in [-0.3, -0.25) is 9.59 Å². The number of hydrogen-bond acceptors (Lipinski definition) is 14. The number of hydrogen-bond donors (Lipinski definition) is 3. The Morgan fingerprint density at radius 3 is 2.25 bits per heavy atom. The van der Waals surface area contributed by atoms with Gasteiger partial charge in [0, 0.05) is 38.3 Å². The Morgan fingerprint density at radius 1 is 1.04 bits per heavy atom. The van der Waals surface area contributed by atoms with Crippen molar-refractivity contribution in [1.82, 2.24) is 4.90 Å². The zero-order valence-electron chi connectivity index (χ0n) is 34.4. The number of aliphatic hydroxyl groups is 3. The molecule has 308 valence electrons. The molecule has 2 unspecified atom stereocenters. The second kappa shape index (κ2) is 17.0. The van der Waals surface area contributed by atoms with Crippen LogP contribution in [0.2, 0.25) is 0 Å². The maximum atomic E-state index is 14.4. The second-order valence-corrected chi connectivity index (χ2v) is 17.3. The van der Waals surface area contributed by atoms with Gasteiger partial charge in [-0.25, -0.2) is 0 Å². The normalized spacial score (nSPS) is 47.3. The first kappa shape index (κ1) is 44.3. The highest BCUT2D eigenvalue weighted by molar-refractivity contribution is 5.73. The number of methoxy groups -OCH3 is 1. The molecule has 53 heavy (non-hydrogen) atoms. The maximum absolute atomic E-state index is 14.4. The predicted molar refractivity (Wildman–Crippen MR) is 193 cm³/mol. The van der Waals surface area contributed by atoms with Crippen molar-refractivity contribution < 1.29 is 62.8 Å². The highest BCUT2D eigenvalue weighted by Crippen LogP contribution is 2.48. The molecule has 3 N–H and O–H groups in total. The summed E-state index contributed by atoms with van der Waals surface area (Å²) < 4.78 is 51.2. The van der Waals surface area contributed by atoms with Gasteiger partial charge in [-0.1, -0.05) is 27.7 Å². The highest BCUT2D eigenvalue weighted by Gasteiger charge is 2.59. The molecule has 14 heteroatoms. The second-order valence-electron chi connectivity index (χ2n) is 17.3. The fourth-order valence-electron chi connectivity index (χ4n) is 9.59. The van der Waals surface area contributed by atoms with Gasteiger partial charge in [0.25, 0.3) is 0 Å². The van der Waals surface area contributed by atoms with E-state index in [0.29, 0.717) is 12.8 Å². The Hall–Kier alpha value is -1.46. The van der Waals surface area contributed by atoms with Crippen LogP contribution in [0.25, 0.3) is 0 Å². The molecular weight excluding hydrogens is 690 g/mol. The van der Waals surface area contributed by atoms with Gasteiger partial charge in [0.15, 0.2) is 18.7 Å². The Kier molecular flexibility index (Phi) is 14.2. The number of esters is 2. The monoisotopic (exact) mass is 759 g/mol. The molecule has 19 atom stereocenters. The van der Waals surface area contributed by atoms with Gasteiger partial charge >= 0.3 is 11.9 Å². The van der Waals surface area contributed by atoms with Crippen LogP contribution in [0.15, 0.2) is 0 Å². The minimum absolute atomic E-state index is 0.0749. The molecule has 4 aliphatic heterocycles. The van der Waals surface area contributed by atoms with E-state index in [0.717, 1.165) is 0 Å². The average molecular weight is 760 g/mol. The average Bonchev–Trinajstić information content (AvgIpc) is 3.39. The van der Waals surface area contributed by atoms with E-state index in [1.165, 1.54) is 21.0 Å². The molecule has 14 nitrogen and oxygen atoms in total. The molecule has 4 heterocycles. The summed E-state index contributed by atoms with van der Waals surface area (Å²) in [5.74, 6) is -3.25. The van der Waals surface area contributed by atoms with Crippen LogP contribution in [-0.4, -0.2) is 144 Å². The van der Waals surface area contributed by atoms with Gasteiger partial charge in [-0.05, 0) is 80.8 Å². The predicted octanol–water partition coefficient (Wildman–Crippen LogP) is 3.19. The Bertz CT molecular complexity index is 1250. The van der Waals surface area contributed by atoms with Crippen LogP contribution in [-0.2, 0) is 47.5 Å². The zero-order chi connectivity index (χ0) is 40.0. The van der Waals surface area contributed by atoms with Crippen LogP contribution in [0.5, 0.6) is 0 Å². The van der Waals surface area contributed by atoms with Gasteiger partial charge in [0.05, 0.1) is 48.1 Å². The standard InChI is InChI=1S/C39H69NO13/c1-15-27(42)39(11,45)33-21(4)30-19(2)17-38(10,53-30)32(52-36-29(43)26(40(12)13)16-20(3)47-36)22(5)31(23(6)35(44)51-33)50-28-18-37(9,46-14)34(24(7)48-28)49-25(8)41/h19-24,26-34,36,42-43,45H,15-18H2,1-14H3/t19?,20-,21+,22+,23-,24+,26+,27-,28+,29-,30?,31+,32-,33-,34+,36+,37-,38-,39-/m1/s1. The fraction of sp³-hybridized carbons (Fsp3) is 0.949. The molecule has 4 aliphatic rings. The molecular formula is C39H69NO13. The third-order valence-electron chi connectivity index (χ3n) is 12.6. The van der Waals surface area contributed by atoms with Crippen molar-refractivity contribution in [2.75, 3.05) is 21.2 Å². The lowest BCUT2D eigenvalue weighted by Crippen LogP contribution is -2.60. The smallest absolute Gasteiger partial charge is 0.311 e. The first-order valence-electron chi connectivity index (χ1n) is 19.5. The van der Waals surface area contributed by atoms with Crippen molar-refractivity contribution in [2.45, 2.75) is 192 Å². The number of nitrogens with zero attached hydrogens (tertiary/aromatic N) is 1. The molecule has 0 saturated carbocycles. The van der Waals surface area contributed by atoms with Crippen molar-refractivity contribution in [3.05, 3.63) is 0 Å². The fourth-order valence-corrected chi connectivity index (χ4v) is 9.59. The van der Waals surface area contributed by atoms with Gasteiger partial charge in [-0.2, -0.15) is 0 Å². The molecule has 0 aromatic heterocycles. The molecule has 2 bridgehead atoms. The van der Waals surface area contributed by atoms with Crippen LogP contribution in [0.1, 0.15) is 102 Å². The number of cyclic esters (lactones) is 1. The van der Waals surface area contributed by atoms with Gasteiger partial charge in [0.1, 0.15) is 23.4 Å². The summed E-state index contributed by atoms with van der Waals surface area (Å²) in [4.78, 5) is 28.4. The lowest BCUT2D eigenvalue weighted by atomic mass is 9.76. The lowest BCUT2D eigenvalue weighted by Gasteiger charge is -2.49. The van der Waals surface area contributed by atoms with Crippen LogP contribution >= 0.6 is 0 Å². The number of fused-ring (bicyclic) bond motifs is 2. The summed E-state index contributed by atoms with van der Waals surface area (Å²) in [7, 11) is 5.36. The molecule has 4 fully saturated rings. The largest absolute Gasteiger partial charge is 0.459 e. The Labute approximate surface area is 316 Å². The molecule has 4 rings (SSSR count). The Morgan fingerprint density at radius 2 is 1.68 bits per heavy atom. The van der Waals surface area contributed by atoms with Gasteiger partial charge in [-0.15, -0.1) is 0 Å². The van der Waals surface area contributed by atoms with E-state index >= 15 is 0 Å². The summed E-state index contributed by atoms with van der Waals surface area (Å²) in [5, 5.41) is 34.5. The number of likely N-dealkylation sites (N-methyl/N-ethyl adjacent to an activating group) is 1. The number of carbonyl (C=O) groups excluding carboxylic acids is 2. The van der Waals surface area contributed by atoms with E-state index in [1.807, 2.05) is 53.6 Å². The quantitative estimate of drug-likeness (QED) is 0.278. The van der Waals surface area contributed by atoms with E-state index in [4.69, 9.17) is 37.9 Å². The van der Waals surface area contributed by atoms with Crippen molar-refractivity contribution in [3.8, 4) is 0 Å². The maximum Gasteiger partial charge on any atom is 0.311 e. The summed E-state index contributed by atoms with van der Waals surface area (Å²) in [6.45, 7) is 19.7. The lowest BCUT2D eigenvalue weighted by molar-refractivity contribution is -0.319. The summed E-state index contributed by atoms with van der Waals surface area (Å²) in [6, 6.07) is -0.228. The van der Waals surface area contributed by atoms with Crippen molar-refractivity contribution in [1.29, 1.82) is 0 Å². The minimum atomic E-state index is -1.80. The van der Waals surface area contributed by atoms with Gasteiger partial charge < -0.3 is 58.1 Å². The van der Waals surface area contributed by atoms with Gasteiger partial charge in [0.2, 0.25) is 0 Å². The van der Waals surface area contributed by atoms with Crippen LogP contribution in [0.3, 0.4) is 0 Å². The summed E-state index contributed by atoms with van der Waals surface area (Å²) in [6.07, 6.45) is -7.42. The van der Waals surface area contributed by atoms with Crippen LogP contribution in [0, 0.1) is 23.7 Å². The zero-order valence-corrected chi connectivity index (χ0v) is 34.4.